The van der Waals surface area contributed by atoms with E-state index in [0.717, 1.165) is 24.8 Å². The molecule has 0 radical (unpaired) electrons. The summed E-state index contributed by atoms with van der Waals surface area (Å²) in [7, 11) is 0. The van der Waals surface area contributed by atoms with Gasteiger partial charge in [-0.05, 0) is 37.0 Å². The average molecular weight is 604 g/mol. The number of unbranched alkanes of at least 4 members (excludes halogenated alkanes) is 13. The molecule has 1 aromatic rings. The van der Waals surface area contributed by atoms with Gasteiger partial charge in [0.1, 0.15) is 17.8 Å². The van der Waals surface area contributed by atoms with Crippen LogP contribution in [0.4, 0.5) is 0 Å². The van der Waals surface area contributed by atoms with E-state index in [1.54, 1.807) is 12.1 Å². The number of amides is 2. The highest BCUT2D eigenvalue weighted by atomic mass is 16.5. The van der Waals surface area contributed by atoms with Crippen LogP contribution in [0.25, 0.3) is 0 Å². The minimum atomic E-state index is -0.902. The number of rotatable bonds is 25. The van der Waals surface area contributed by atoms with Crippen molar-refractivity contribution in [2.45, 2.75) is 135 Å². The molecular weight excluding hydrogens is 546 g/mol. The Balaban J connectivity index is 2.46. The van der Waals surface area contributed by atoms with E-state index in [-0.39, 0.29) is 30.5 Å². The number of aliphatic imine (C=N–C) groups is 1. The van der Waals surface area contributed by atoms with Crippen molar-refractivity contribution in [3.8, 4) is 5.75 Å². The first-order valence-electron chi connectivity index (χ1n) is 16.3. The summed E-state index contributed by atoms with van der Waals surface area (Å²) >= 11 is 0. The number of guanidine groups is 1. The zero-order chi connectivity index (χ0) is 31.7. The number of nitrogens with two attached hydrogens (primary N) is 2. The molecule has 0 saturated heterocycles. The van der Waals surface area contributed by atoms with Gasteiger partial charge in [0.2, 0.25) is 11.8 Å². The van der Waals surface area contributed by atoms with Gasteiger partial charge in [-0.1, -0.05) is 103 Å². The number of benzene rings is 1. The summed E-state index contributed by atoms with van der Waals surface area (Å²) < 4.78 is 5.53. The van der Waals surface area contributed by atoms with E-state index in [1.165, 1.54) is 89.7 Å². The summed E-state index contributed by atoms with van der Waals surface area (Å²) in [5, 5.41) is 14.9. The van der Waals surface area contributed by atoms with Gasteiger partial charge in [0.05, 0.1) is 6.61 Å². The molecule has 0 bridgehead atoms. The van der Waals surface area contributed by atoms with Gasteiger partial charge >= 0.3 is 5.97 Å². The maximum atomic E-state index is 13.2. The fourth-order valence-electron chi connectivity index (χ4n) is 4.92. The van der Waals surface area contributed by atoms with Crippen LogP contribution in [0.3, 0.4) is 0 Å². The number of nitrogens with zero attached hydrogens (tertiary/aromatic N) is 1. The minimum Gasteiger partial charge on any atom is -0.508 e. The van der Waals surface area contributed by atoms with E-state index in [4.69, 9.17) is 16.2 Å². The van der Waals surface area contributed by atoms with E-state index in [0.29, 0.717) is 19.6 Å². The van der Waals surface area contributed by atoms with Gasteiger partial charge in [-0.15, -0.1) is 0 Å². The first-order valence-corrected chi connectivity index (χ1v) is 16.3. The average Bonchev–Trinajstić information content (AvgIpc) is 2.96. The van der Waals surface area contributed by atoms with Crippen molar-refractivity contribution >= 4 is 23.7 Å². The number of nitrogens with one attached hydrogen (secondary N) is 2. The van der Waals surface area contributed by atoms with Gasteiger partial charge in [0.15, 0.2) is 5.96 Å². The van der Waals surface area contributed by atoms with Gasteiger partial charge in [-0.25, -0.2) is 4.79 Å². The predicted octanol–water partition coefficient (Wildman–Crippen LogP) is 5.00. The molecular formula is C33H57N5O5. The van der Waals surface area contributed by atoms with Crippen LogP contribution in [0.15, 0.2) is 29.3 Å². The minimum absolute atomic E-state index is 0.0411. The van der Waals surface area contributed by atoms with Gasteiger partial charge in [0, 0.05) is 19.9 Å². The molecule has 244 valence electrons. The van der Waals surface area contributed by atoms with Crippen LogP contribution in [-0.4, -0.2) is 54.1 Å². The van der Waals surface area contributed by atoms with Crippen LogP contribution < -0.4 is 22.1 Å². The number of hydrogen-bond acceptors (Lipinski definition) is 6. The highest BCUT2D eigenvalue weighted by Gasteiger charge is 2.27. The largest absolute Gasteiger partial charge is 0.508 e. The van der Waals surface area contributed by atoms with Crippen LogP contribution >= 0.6 is 0 Å². The van der Waals surface area contributed by atoms with Crippen molar-refractivity contribution in [3.05, 3.63) is 29.8 Å². The first-order chi connectivity index (χ1) is 20.7. The molecule has 1 aromatic carbocycles. The predicted molar refractivity (Wildman–Crippen MR) is 173 cm³/mol. The molecule has 0 aliphatic heterocycles. The van der Waals surface area contributed by atoms with E-state index in [2.05, 4.69) is 22.5 Å². The second kappa shape index (κ2) is 24.2. The Bertz CT molecular complexity index is 934. The molecule has 0 aromatic heterocycles. The first kappa shape index (κ1) is 37.7. The summed E-state index contributed by atoms with van der Waals surface area (Å²) in [5.41, 5.74) is 11.5. The molecule has 0 aliphatic rings. The van der Waals surface area contributed by atoms with Gasteiger partial charge in [0.25, 0.3) is 0 Å². The summed E-state index contributed by atoms with van der Waals surface area (Å²) in [6, 6.07) is 4.58. The molecule has 43 heavy (non-hydrogen) atoms. The summed E-state index contributed by atoms with van der Waals surface area (Å²) in [6.07, 6.45) is 18.3. The lowest BCUT2D eigenvalue weighted by molar-refractivity contribution is -0.148. The van der Waals surface area contributed by atoms with Crippen molar-refractivity contribution < 1.29 is 24.2 Å². The summed E-state index contributed by atoms with van der Waals surface area (Å²) in [5.74, 6) is -1.32. The van der Waals surface area contributed by atoms with E-state index >= 15 is 0 Å². The van der Waals surface area contributed by atoms with Crippen molar-refractivity contribution in [1.82, 2.24) is 10.6 Å². The Morgan fingerprint density at radius 3 is 1.84 bits per heavy atom. The van der Waals surface area contributed by atoms with Crippen LogP contribution in [0.2, 0.25) is 0 Å². The lowest BCUT2D eigenvalue weighted by atomic mass is 10.0. The van der Waals surface area contributed by atoms with E-state index in [9.17, 15) is 19.5 Å². The lowest BCUT2D eigenvalue weighted by Crippen LogP contribution is -2.52. The summed E-state index contributed by atoms with van der Waals surface area (Å²) in [4.78, 5) is 41.9. The van der Waals surface area contributed by atoms with Crippen molar-refractivity contribution in [2.24, 2.45) is 16.5 Å². The monoisotopic (exact) mass is 603 g/mol. The van der Waals surface area contributed by atoms with Crippen LogP contribution in [0.1, 0.15) is 122 Å². The number of ether oxygens (including phenoxy) is 1. The summed E-state index contributed by atoms with van der Waals surface area (Å²) in [6.45, 7) is 4.18. The fourth-order valence-corrected chi connectivity index (χ4v) is 4.92. The molecule has 2 amide bonds. The standard InChI is InChI=1S/C33H57N5O5/c1-3-4-5-6-7-8-9-10-11-12-13-14-15-16-24-43-32(42)29(18-17-23-36-33(34)35)38-31(41)30(37-26(2)39)25-27-19-21-28(40)22-20-27/h19-22,29-30,40H,3-18,23-25H2,1-2H3,(H,37,39)(H,38,41)(H4,34,35,36)/t29-,30-/m0/s1. The van der Waals surface area contributed by atoms with E-state index in [1.807, 2.05) is 0 Å². The van der Waals surface area contributed by atoms with E-state index < -0.39 is 24.0 Å². The SMILES string of the molecule is CCCCCCCCCCCCCCCCOC(=O)[C@H](CCCN=C(N)N)NC(=O)[C@H](Cc1ccc(O)cc1)NC(C)=O. The molecule has 0 unspecified atom stereocenters. The van der Waals surface area contributed by atoms with Crippen molar-refractivity contribution in [2.75, 3.05) is 13.2 Å². The highest BCUT2D eigenvalue weighted by molar-refractivity contribution is 5.90. The third kappa shape index (κ3) is 20.3. The smallest absolute Gasteiger partial charge is 0.328 e. The molecule has 10 heteroatoms. The number of phenolic OH excluding ortho intramolecular Hbond substituents is 1. The van der Waals surface area contributed by atoms with Gasteiger partial charge < -0.3 is 31.9 Å². The number of phenols is 1. The van der Waals surface area contributed by atoms with Crippen LogP contribution in [0.5, 0.6) is 5.75 Å². The second-order valence-corrected chi connectivity index (χ2v) is 11.4. The third-order valence-electron chi connectivity index (χ3n) is 7.36. The number of carbonyl (C=O) groups is 3. The second-order valence-electron chi connectivity index (χ2n) is 11.4. The fraction of sp³-hybridized carbons (Fsp3) is 0.697. The molecule has 7 N–H and O–H groups in total. The maximum Gasteiger partial charge on any atom is 0.328 e. The zero-order valence-electron chi connectivity index (χ0n) is 26.6. The Hall–Kier alpha value is -3.30. The molecule has 0 heterocycles. The zero-order valence-corrected chi connectivity index (χ0v) is 26.6. The molecule has 0 saturated carbocycles. The Kier molecular flexibility index (Phi) is 21.2. The quantitative estimate of drug-likeness (QED) is 0.0453. The Morgan fingerprint density at radius 2 is 1.33 bits per heavy atom. The number of hydrogen-bond donors (Lipinski definition) is 5. The molecule has 2 atom stereocenters. The molecule has 0 fully saturated rings. The Labute approximate surface area is 258 Å². The Morgan fingerprint density at radius 1 is 0.791 bits per heavy atom. The maximum absolute atomic E-state index is 13.2. The molecule has 0 spiro atoms. The number of aromatic hydroxyl groups is 1. The van der Waals surface area contributed by atoms with Gasteiger partial charge in [-0.2, -0.15) is 0 Å². The van der Waals surface area contributed by atoms with Crippen molar-refractivity contribution in [1.29, 1.82) is 0 Å². The van der Waals surface area contributed by atoms with Crippen LogP contribution in [-0.2, 0) is 25.5 Å². The lowest BCUT2D eigenvalue weighted by Gasteiger charge is -2.22. The van der Waals surface area contributed by atoms with Crippen molar-refractivity contribution in [3.63, 3.8) is 0 Å². The normalized spacial score (nSPS) is 12.2. The topological polar surface area (TPSA) is 169 Å². The number of esters is 1. The van der Waals surface area contributed by atoms with Crippen LogP contribution in [0, 0.1) is 0 Å². The third-order valence-corrected chi connectivity index (χ3v) is 7.36. The molecule has 10 nitrogen and oxygen atoms in total. The molecule has 0 aliphatic carbocycles. The molecule has 1 rings (SSSR count). The number of carbonyl (C=O) groups excluding carboxylic acids is 3. The highest BCUT2D eigenvalue weighted by Crippen LogP contribution is 2.14. The van der Waals surface area contributed by atoms with Gasteiger partial charge in [-0.3, -0.25) is 14.6 Å².